The number of carbonyl (C=O) groups excluding carboxylic acids is 3. The summed E-state index contributed by atoms with van der Waals surface area (Å²) in [6.45, 7) is 1.10. The maximum absolute atomic E-state index is 12.4. The van der Waals surface area contributed by atoms with E-state index in [9.17, 15) is 24.5 Å². The van der Waals surface area contributed by atoms with Crippen molar-refractivity contribution in [1.82, 2.24) is 0 Å². The van der Waals surface area contributed by atoms with Crippen molar-refractivity contribution < 1.29 is 28.8 Å². The first-order valence-corrected chi connectivity index (χ1v) is 8.76. The first-order chi connectivity index (χ1) is 13.8. The van der Waals surface area contributed by atoms with E-state index in [0.29, 0.717) is 0 Å². The number of methoxy groups -OCH3 is 1. The molecule has 0 aliphatic rings. The van der Waals surface area contributed by atoms with Crippen molar-refractivity contribution in [2.45, 2.75) is 13.3 Å². The van der Waals surface area contributed by atoms with Crippen LogP contribution in [0.2, 0.25) is 5.02 Å². The molecule has 0 aliphatic carbocycles. The number of anilines is 1. The lowest BCUT2D eigenvalue weighted by molar-refractivity contribution is -0.384. The van der Waals surface area contributed by atoms with Crippen LogP contribution in [0.1, 0.15) is 34.1 Å². The number of nitrogens with zero attached hydrogens (tertiary/aromatic N) is 1. The van der Waals surface area contributed by atoms with Crippen molar-refractivity contribution in [3.8, 4) is 5.75 Å². The van der Waals surface area contributed by atoms with Crippen LogP contribution in [0.25, 0.3) is 0 Å². The second-order valence-electron chi connectivity index (χ2n) is 5.74. The third kappa shape index (κ3) is 5.52. The predicted molar refractivity (Wildman–Crippen MR) is 105 cm³/mol. The lowest BCUT2D eigenvalue weighted by Crippen LogP contribution is -2.16. The zero-order valence-electron chi connectivity index (χ0n) is 15.6. The summed E-state index contributed by atoms with van der Waals surface area (Å²) in [5.74, 6) is -1.55. The molecule has 29 heavy (non-hydrogen) atoms. The van der Waals surface area contributed by atoms with Crippen molar-refractivity contribution in [1.29, 1.82) is 0 Å². The molecule has 2 aromatic carbocycles. The first-order valence-electron chi connectivity index (χ1n) is 8.39. The van der Waals surface area contributed by atoms with E-state index in [-0.39, 0.29) is 45.6 Å². The minimum Gasteiger partial charge on any atom is -0.496 e. The molecule has 0 bridgehead atoms. The first kappa shape index (κ1) is 21.8. The van der Waals surface area contributed by atoms with Crippen LogP contribution in [0.3, 0.4) is 0 Å². The number of ether oxygens (including phenoxy) is 2. The summed E-state index contributed by atoms with van der Waals surface area (Å²) in [7, 11) is 1.33. The Kier molecular flexibility index (Phi) is 7.27. The van der Waals surface area contributed by atoms with Gasteiger partial charge in [0.05, 0.1) is 22.7 Å². The lowest BCUT2D eigenvalue weighted by Gasteiger charge is -2.13. The molecule has 2 aromatic rings. The Hall–Kier alpha value is -3.46. The number of benzene rings is 2. The van der Waals surface area contributed by atoms with Crippen LogP contribution in [-0.4, -0.2) is 36.3 Å². The Balaban J connectivity index is 2.11. The average molecular weight is 421 g/mol. The van der Waals surface area contributed by atoms with E-state index in [1.165, 1.54) is 43.5 Å². The van der Waals surface area contributed by atoms with Crippen molar-refractivity contribution in [3.63, 3.8) is 0 Å². The van der Waals surface area contributed by atoms with E-state index in [2.05, 4.69) is 5.32 Å². The van der Waals surface area contributed by atoms with Crippen LogP contribution in [0.4, 0.5) is 11.4 Å². The molecule has 0 saturated heterocycles. The molecule has 9 nitrogen and oxygen atoms in total. The molecule has 0 fully saturated rings. The van der Waals surface area contributed by atoms with Crippen LogP contribution in [0.15, 0.2) is 36.4 Å². The number of nitro groups is 1. The third-order valence-corrected chi connectivity index (χ3v) is 4.15. The fourth-order valence-electron chi connectivity index (χ4n) is 2.28. The molecule has 10 heteroatoms. The predicted octanol–water partition coefficient (Wildman–Crippen LogP) is 3.65. The quantitative estimate of drug-likeness (QED) is 0.299. The van der Waals surface area contributed by atoms with Gasteiger partial charge in [0.25, 0.3) is 5.69 Å². The second-order valence-corrected chi connectivity index (χ2v) is 6.14. The van der Waals surface area contributed by atoms with E-state index < -0.39 is 23.3 Å². The third-order valence-electron chi connectivity index (χ3n) is 3.84. The lowest BCUT2D eigenvalue weighted by atomic mass is 10.1. The maximum Gasteiger partial charge on any atom is 0.342 e. The summed E-state index contributed by atoms with van der Waals surface area (Å²) in [5, 5.41) is 13.3. The molecule has 0 spiro atoms. The van der Waals surface area contributed by atoms with Gasteiger partial charge in [-0.1, -0.05) is 18.5 Å². The highest BCUT2D eigenvalue weighted by atomic mass is 35.5. The van der Waals surface area contributed by atoms with Crippen LogP contribution in [-0.2, 0) is 9.53 Å². The molecular weight excluding hydrogens is 404 g/mol. The molecule has 0 atom stereocenters. The van der Waals surface area contributed by atoms with Crippen molar-refractivity contribution in [2.24, 2.45) is 0 Å². The fraction of sp³-hybridized carbons (Fsp3) is 0.211. The Labute approximate surface area is 170 Å². The Morgan fingerprint density at radius 1 is 1.17 bits per heavy atom. The van der Waals surface area contributed by atoms with E-state index in [0.717, 1.165) is 0 Å². The Morgan fingerprint density at radius 2 is 1.83 bits per heavy atom. The van der Waals surface area contributed by atoms with E-state index >= 15 is 0 Å². The van der Waals surface area contributed by atoms with Crippen molar-refractivity contribution in [2.75, 3.05) is 19.0 Å². The zero-order valence-corrected chi connectivity index (χ0v) is 16.3. The number of rotatable bonds is 8. The number of carbonyl (C=O) groups is 3. The van der Waals surface area contributed by atoms with Gasteiger partial charge in [-0.05, 0) is 18.2 Å². The number of nitro benzene ring substituents is 1. The minimum absolute atomic E-state index is 0.0245. The second kappa shape index (κ2) is 9.65. The number of hydrogen-bond acceptors (Lipinski definition) is 7. The van der Waals surface area contributed by atoms with E-state index in [1.54, 1.807) is 6.92 Å². The van der Waals surface area contributed by atoms with E-state index in [4.69, 9.17) is 21.1 Å². The number of non-ortho nitro benzene ring substituents is 1. The molecule has 0 saturated carbocycles. The number of amides is 1. The summed E-state index contributed by atoms with van der Waals surface area (Å²) in [6, 6.07) is 7.56. The molecule has 0 aromatic heterocycles. The summed E-state index contributed by atoms with van der Waals surface area (Å²) in [6.07, 6.45) is 0.243. The maximum atomic E-state index is 12.4. The van der Waals surface area contributed by atoms with Gasteiger partial charge in [-0.15, -0.1) is 0 Å². The van der Waals surface area contributed by atoms with Crippen LogP contribution in [0, 0.1) is 10.1 Å². The molecular formula is C19H17ClN2O7. The van der Waals surface area contributed by atoms with Gasteiger partial charge in [-0.2, -0.15) is 0 Å². The smallest absolute Gasteiger partial charge is 0.342 e. The van der Waals surface area contributed by atoms with Gasteiger partial charge in [-0.25, -0.2) is 4.79 Å². The molecule has 2 rings (SSSR count). The number of esters is 1. The molecule has 1 N–H and O–H groups in total. The number of hydrogen-bond donors (Lipinski definition) is 1. The van der Waals surface area contributed by atoms with Crippen molar-refractivity contribution in [3.05, 3.63) is 62.7 Å². The molecule has 0 radical (unpaired) electrons. The SMILES string of the molecule is CCC(=O)Nc1cc(OC)c(C(=O)OCC(=O)c2ccc([N+](=O)[O-])cc2)cc1Cl. The fourth-order valence-corrected chi connectivity index (χ4v) is 2.49. The number of nitrogens with one attached hydrogen (secondary N) is 1. The summed E-state index contributed by atoms with van der Waals surface area (Å²) in [5.41, 5.74) is 0.247. The number of Topliss-reactive ketones (excluding diaryl/α,β-unsaturated/α-hetero) is 1. The van der Waals surface area contributed by atoms with E-state index in [1.807, 2.05) is 0 Å². The average Bonchev–Trinajstić information content (AvgIpc) is 2.72. The summed E-state index contributed by atoms with van der Waals surface area (Å²) < 4.78 is 10.2. The highest BCUT2D eigenvalue weighted by Gasteiger charge is 2.20. The Bertz CT molecular complexity index is 958. The zero-order chi connectivity index (χ0) is 21.6. The van der Waals surface area contributed by atoms with Crippen LogP contribution in [0.5, 0.6) is 5.75 Å². The molecule has 1 amide bonds. The van der Waals surface area contributed by atoms with Gasteiger partial charge in [0.15, 0.2) is 12.4 Å². The highest BCUT2D eigenvalue weighted by Crippen LogP contribution is 2.31. The van der Waals surface area contributed by atoms with Gasteiger partial charge in [-0.3, -0.25) is 19.7 Å². The normalized spacial score (nSPS) is 10.2. The van der Waals surface area contributed by atoms with Crippen molar-refractivity contribution >= 4 is 40.6 Å². The van der Waals surface area contributed by atoms with Gasteiger partial charge in [0.2, 0.25) is 5.91 Å². The highest BCUT2D eigenvalue weighted by molar-refractivity contribution is 6.34. The monoisotopic (exact) mass is 420 g/mol. The largest absolute Gasteiger partial charge is 0.496 e. The topological polar surface area (TPSA) is 125 Å². The Morgan fingerprint density at radius 3 is 2.38 bits per heavy atom. The molecule has 0 aliphatic heterocycles. The molecule has 0 heterocycles. The van der Waals surface area contributed by atoms with Gasteiger partial charge >= 0.3 is 5.97 Å². The van der Waals surface area contributed by atoms with Gasteiger partial charge in [0, 0.05) is 30.2 Å². The molecule has 0 unspecified atom stereocenters. The summed E-state index contributed by atoms with van der Waals surface area (Å²) >= 11 is 6.10. The number of halogens is 1. The van der Waals surface area contributed by atoms with Crippen LogP contribution < -0.4 is 10.1 Å². The standard InChI is InChI=1S/C19H17ClN2O7/c1-3-18(24)21-15-9-17(28-2)13(8-14(15)20)19(25)29-10-16(23)11-4-6-12(7-5-11)22(26)27/h4-9H,3,10H2,1-2H3,(H,21,24). The number of ketones is 1. The molecule has 152 valence electrons. The minimum atomic E-state index is -0.854. The van der Waals surface area contributed by atoms with Gasteiger partial charge < -0.3 is 14.8 Å². The van der Waals surface area contributed by atoms with Gasteiger partial charge in [0.1, 0.15) is 11.3 Å². The van der Waals surface area contributed by atoms with Crippen LogP contribution >= 0.6 is 11.6 Å². The summed E-state index contributed by atoms with van der Waals surface area (Å²) in [4.78, 5) is 46.1.